The Hall–Kier alpha value is -0.650. The van der Waals surface area contributed by atoms with Gasteiger partial charge in [0.2, 0.25) is 12.1 Å². The van der Waals surface area contributed by atoms with Crippen molar-refractivity contribution in [3.8, 4) is 0 Å². The molecule has 5 aliphatic rings. The molecular weight excluding hydrogens is 272 g/mol. The second-order valence-corrected chi connectivity index (χ2v) is 7.22. The Morgan fingerprint density at radius 3 is 2.90 bits per heavy atom. The van der Waals surface area contributed by atoms with Gasteiger partial charge in [-0.1, -0.05) is 20.3 Å². The van der Waals surface area contributed by atoms with E-state index in [0.29, 0.717) is 18.3 Å². The van der Waals surface area contributed by atoms with Gasteiger partial charge in [-0.2, -0.15) is 0 Å². The summed E-state index contributed by atoms with van der Waals surface area (Å²) in [6.45, 7) is 4.37. The highest BCUT2D eigenvalue weighted by molar-refractivity contribution is 5.71. The smallest absolute Gasteiger partial charge is 0.308 e. The minimum atomic E-state index is -0.732. The molecule has 0 aromatic carbocycles. The van der Waals surface area contributed by atoms with Gasteiger partial charge >= 0.3 is 5.97 Å². The van der Waals surface area contributed by atoms with Gasteiger partial charge < -0.3 is 9.47 Å². The van der Waals surface area contributed by atoms with E-state index in [1.807, 2.05) is 0 Å². The molecule has 1 aliphatic carbocycles. The molecule has 1 saturated carbocycles. The Labute approximate surface area is 125 Å². The molecule has 0 radical (unpaired) electrons. The predicted molar refractivity (Wildman–Crippen MR) is 72.7 cm³/mol. The molecular formula is C16H24O5. The highest BCUT2D eigenvalue weighted by Gasteiger charge is 2.68. The van der Waals surface area contributed by atoms with Crippen LogP contribution in [-0.4, -0.2) is 23.6 Å². The molecule has 1 spiro atoms. The topological polar surface area (TPSA) is 54.0 Å². The minimum Gasteiger partial charge on any atom is -0.432 e. The van der Waals surface area contributed by atoms with Gasteiger partial charge in [0.05, 0.1) is 6.42 Å². The zero-order valence-electron chi connectivity index (χ0n) is 12.8. The molecule has 0 aromatic rings. The number of rotatable bonds is 2. The summed E-state index contributed by atoms with van der Waals surface area (Å²) in [5.41, 5.74) is -0.584. The number of hydrogen-bond acceptors (Lipinski definition) is 5. The van der Waals surface area contributed by atoms with E-state index in [-0.39, 0.29) is 11.9 Å². The van der Waals surface area contributed by atoms with Crippen LogP contribution in [0.2, 0.25) is 0 Å². The van der Waals surface area contributed by atoms with Crippen LogP contribution >= 0.6 is 0 Å². The van der Waals surface area contributed by atoms with Crippen molar-refractivity contribution in [2.75, 3.05) is 0 Å². The van der Waals surface area contributed by atoms with Crippen LogP contribution in [0.3, 0.4) is 0 Å². The molecule has 0 aromatic heterocycles. The van der Waals surface area contributed by atoms with E-state index < -0.39 is 17.7 Å². The van der Waals surface area contributed by atoms with Crippen LogP contribution in [0.1, 0.15) is 58.8 Å². The minimum absolute atomic E-state index is 0.155. The first-order chi connectivity index (χ1) is 10.1. The third-order valence-corrected chi connectivity index (χ3v) is 6.02. The van der Waals surface area contributed by atoms with Crippen molar-refractivity contribution in [2.45, 2.75) is 76.5 Å². The van der Waals surface area contributed by atoms with Gasteiger partial charge in [0.15, 0.2) is 5.60 Å². The van der Waals surface area contributed by atoms with E-state index in [9.17, 15) is 4.79 Å². The van der Waals surface area contributed by atoms with Crippen molar-refractivity contribution in [1.82, 2.24) is 0 Å². The average molecular weight is 296 g/mol. The Bertz CT molecular complexity index is 448. The van der Waals surface area contributed by atoms with Gasteiger partial charge in [0, 0.05) is 24.7 Å². The second kappa shape index (κ2) is 4.67. The van der Waals surface area contributed by atoms with Gasteiger partial charge in [0.1, 0.15) is 0 Å². The second-order valence-electron chi connectivity index (χ2n) is 7.22. The van der Waals surface area contributed by atoms with Crippen LogP contribution in [0.15, 0.2) is 0 Å². The molecule has 5 nitrogen and oxygen atoms in total. The van der Waals surface area contributed by atoms with Crippen molar-refractivity contribution in [3.05, 3.63) is 0 Å². The van der Waals surface area contributed by atoms with E-state index >= 15 is 0 Å². The Morgan fingerprint density at radius 1 is 1.24 bits per heavy atom. The molecule has 0 amide bonds. The van der Waals surface area contributed by atoms with Gasteiger partial charge in [-0.15, -0.1) is 0 Å². The predicted octanol–water partition coefficient (Wildman–Crippen LogP) is 2.93. The lowest BCUT2D eigenvalue weighted by atomic mass is 9.60. The van der Waals surface area contributed by atoms with Gasteiger partial charge in [-0.3, -0.25) is 4.79 Å². The number of fused-ring (bicyclic) bond motifs is 2. The van der Waals surface area contributed by atoms with Crippen molar-refractivity contribution in [1.29, 1.82) is 0 Å². The molecule has 0 N–H and O–H groups in total. The molecule has 4 saturated heterocycles. The lowest BCUT2D eigenvalue weighted by Gasteiger charge is -2.56. The van der Waals surface area contributed by atoms with E-state index in [4.69, 9.17) is 19.2 Å². The fourth-order valence-corrected chi connectivity index (χ4v) is 4.97. The molecule has 0 unspecified atom stereocenters. The number of ether oxygens (including phenoxy) is 2. The number of carbonyl (C=O) groups is 1. The normalized spacial score (nSPS) is 52.0. The van der Waals surface area contributed by atoms with Crippen LogP contribution in [0.5, 0.6) is 0 Å². The maximum Gasteiger partial charge on any atom is 0.308 e. The van der Waals surface area contributed by atoms with Crippen molar-refractivity contribution in [2.24, 2.45) is 17.8 Å². The van der Waals surface area contributed by atoms with Crippen LogP contribution in [0.4, 0.5) is 0 Å². The van der Waals surface area contributed by atoms with Gasteiger partial charge in [-0.05, 0) is 25.2 Å². The summed E-state index contributed by atoms with van der Waals surface area (Å²) in [7, 11) is 0. The maximum atomic E-state index is 11.9. The van der Waals surface area contributed by atoms with Crippen LogP contribution < -0.4 is 0 Å². The van der Waals surface area contributed by atoms with Crippen molar-refractivity contribution in [3.63, 3.8) is 0 Å². The largest absolute Gasteiger partial charge is 0.432 e. The molecule has 5 heteroatoms. The highest BCUT2D eigenvalue weighted by Crippen LogP contribution is 2.59. The molecule has 6 atom stereocenters. The lowest BCUT2D eigenvalue weighted by Crippen LogP contribution is -2.68. The van der Waals surface area contributed by atoms with Gasteiger partial charge in [-0.25, -0.2) is 9.78 Å². The maximum absolute atomic E-state index is 11.9. The Morgan fingerprint density at radius 2 is 2.10 bits per heavy atom. The van der Waals surface area contributed by atoms with E-state index in [1.54, 1.807) is 0 Å². The highest BCUT2D eigenvalue weighted by atomic mass is 17.3. The van der Waals surface area contributed by atoms with Crippen molar-refractivity contribution >= 4 is 5.97 Å². The van der Waals surface area contributed by atoms with Gasteiger partial charge in [0.25, 0.3) is 0 Å². The monoisotopic (exact) mass is 296 g/mol. The van der Waals surface area contributed by atoms with Crippen LogP contribution in [0.25, 0.3) is 0 Å². The first-order valence-corrected chi connectivity index (χ1v) is 8.34. The third kappa shape index (κ3) is 1.83. The molecule has 5 fully saturated rings. The number of carbonyl (C=O) groups excluding carboxylic acids is 1. The number of esters is 1. The lowest BCUT2D eigenvalue weighted by molar-refractivity contribution is -0.561. The third-order valence-electron chi connectivity index (χ3n) is 6.02. The summed E-state index contributed by atoms with van der Waals surface area (Å²) in [5, 5.41) is 0. The summed E-state index contributed by atoms with van der Waals surface area (Å²) < 4.78 is 11.8. The van der Waals surface area contributed by atoms with E-state index in [2.05, 4.69) is 13.8 Å². The molecule has 2 bridgehead atoms. The Balaban J connectivity index is 1.76. The first kappa shape index (κ1) is 14.0. The van der Waals surface area contributed by atoms with Crippen molar-refractivity contribution < 1.29 is 24.0 Å². The zero-order chi connectivity index (χ0) is 14.7. The number of hydrogen-bond donors (Lipinski definition) is 0. The molecule has 118 valence electrons. The SMILES string of the molecule is CCC[C@@]12CC[C@H]3[C@H](C)CC[C@H]4CC(=O)O[C@H](O1)[C@@]43OO2. The molecule has 5 rings (SSSR count). The zero-order valence-corrected chi connectivity index (χ0v) is 12.8. The fourth-order valence-electron chi connectivity index (χ4n) is 4.97. The molecule has 21 heavy (non-hydrogen) atoms. The van der Waals surface area contributed by atoms with E-state index in [0.717, 1.165) is 38.5 Å². The van der Waals surface area contributed by atoms with Crippen LogP contribution in [0, 0.1) is 17.8 Å². The first-order valence-electron chi connectivity index (χ1n) is 8.34. The summed E-state index contributed by atoms with van der Waals surface area (Å²) in [4.78, 5) is 23.8. The standard InChI is InChI=1S/C16H24O5/c1-3-7-15-8-6-12-10(2)4-5-11-9-13(17)18-14(19-15)16(11,12)21-20-15/h10-12,14H,3-9H2,1-2H3/t10-,11+,12+,14-,15-,16-/m1/s1. The summed E-state index contributed by atoms with van der Waals surface area (Å²) in [5.74, 6) is 0.150. The quantitative estimate of drug-likeness (QED) is 0.579. The summed E-state index contributed by atoms with van der Waals surface area (Å²) in [6.07, 6.45) is 5.50. The molecule has 4 aliphatic heterocycles. The summed E-state index contributed by atoms with van der Waals surface area (Å²) >= 11 is 0. The van der Waals surface area contributed by atoms with E-state index in [1.165, 1.54) is 0 Å². The van der Waals surface area contributed by atoms with Crippen LogP contribution in [-0.2, 0) is 24.0 Å². The summed E-state index contributed by atoms with van der Waals surface area (Å²) in [6, 6.07) is 0. The fraction of sp³-hybridized carbons (Fsp3) is 0.938. The average Bonchev–Trinajstić information content (AvgIpc) is 2.69. The Kier molecular flexibility index (Phi) is 3.11. The molecule has 4 heterocycles.